The molecule has 0 spiro atoms. The number of aromatic nitrogens is 1. The van der Waals surface area contributed by atoms with Gasteiger partial charge in [0.15, 0.2) is 0 Å². The minimum atomic E-state index is -4.04. The van der Waals surface area contributed by atoms with E-state index in [1.165, 1.54) is 0 Å². The molecule has 1 aliphatic rings. The Labute approximate surface area is 116 Å². The third-order valence-corrected chi connectivity index (χ3v) is 3.75. The fraction of sp³-hybridized carbons (Fsp3) is 0.643. The Hall–Kier alpha value is -1.30. The summed E-state index contributed by atoms with van der Waals surface area (Å²) in [6.07, 6.45) is -2.49. The Balaban J connectivity index is 1.78. The molecule has 0 bridgehead atoms. The zero-order chi connectivity index (χ0) is 14.6. The average Bonchev–Trinajstić information content (AvgIpc) is 2.45. The van der Waals surface area contributed by atoms with Crippen LogP contribution in [0.3, 0.4) is 0 Å². The molecule has 112 valence electrons. The molecule has 1 fully saturated rings. The van der Waals surface area contributed by atoms with E-state index in [1.54, 1.807) is 13.2 Å². The number of alkyl halides is 3. The molecular weight excluding hydrogens is 269 g/mol. The highest BCUT2D eigenvalue weighted by atomic mass is 19.4. The SMILES string of the molecule is COc1cccc(CNC2CCC(C(F)(F)F)CC2)n1. The molecule has 2 rings (SSSR count). The van der Waals surface area contributed by atoms with Crippen molar-refractivity contribution < 1.29 is 17.9 Å². The van der Waals surface area contributed by atoms with Gasteiger partial charge in [-0.1, -0.05) is 6.07 Å². The second-order valence-corrected chi connectivity index (χ2v) is 5.14. The van der Waals surface area contributed by atoms with Crippen LogP contribution in [-0.2, 0) is 6.54 Å². The summed E-state index contributed by atoms with van der Waals surface area (Å²) in [6.45, 7) is 0.554. The van der Waals surface area contributed by atoms with E-state index in [1.807, 2.05) is 12.1 Å². The first-order valence-electron chi connectivity index (χ1n) is 6.79. The van der Waals surface area contributed by atoms with Gasteiger partial charge in [-0.25, -0.2) is 4.98 Å². The Morgan fingerprint density at radius 1 is 1.25 bits per heavy atom. The van der Waals surface area contributed by atoms with Gasteiger partial charge in [0.25, 0.3) is 0 Å². The van der Waals surface area contributed by atoms with Crippen LogP contribution in [0.4, 0.5) is 13.2 Å². The highest BCUT2D eigenvalue weighted by Gasteiger charge is 2.41. The van der Waals surface area contributed by atoms with Crippen molar-refractivity contribution in [3.63, 3.8) is 0 Å². The maximum absolute atomic E-state index is 12.6. The van der Waals surface area contributed by atoms with Crippen LogP contribution in [0.5, 0.6) is 5.88 Å². The summed E-state index contributed by atoms with van der Waals surface area (Å²) in [4.78, 5) is 4.27. The van der Waals surface area contributed by atoms with Crippen molar-refractivity contribution in [1.82, 2.24) is 10.3 Å². The van der Waals surface area contributed by atoms with Crippen LogP contribution in [0.15, 0.2) is 18.2 Å². The molecule has 0 saturated heterocycles. The quantitative estimate of drug-likeness (QED) is 0.923. The fourth-order valence-electron chi connectivity index (χ4n) is 2.54. The summed E-state index contributed by atoms with van der Waals surface area (Å²) in [5.41, 5.74) is 0.835. The summed E-state index contributed by atoms with van der Waals surface area (Å²) in [5, 5.41) is 3.28. The zero-order valence-electron chi connectivity index (χ0n) is 11.4. The number of halogens is 3. The Kier molecular flexibility index (Phi) is 4.86. The summed E-state index contributed by atoms with van der Waals surface area (Å²) in [6, 6.07) is 5.62. The molecule has 0 aliphatic heterocycles. The standard InChI is InChI=1S/C14H19F3N2O/c1-20-13-4-2-3-12(19-13)9-18-11-7-5-10(6-8-11)14(15,16)17/h2-4,10-11,18H,5-9H2,1H3. The third-order valence-electron chi connectivity index (χ3n) is 3.75. The monoisotopic (exact) mass is 288 g/mol. The highest BCUT2D eigenvalue weighted by Crippen LogP contribution is 2.37. The molecule has 1 aromatic heterocycles. The average molecular weight is 288 g/mol. The summed E-state index contributed by atoms with van der Waals surface area (Å²) in [5.74, 6) is -0.583. The molecule has 0 aromatic carbocycles. The topological polar surface area (TPSA) is 34.1 Å². The number of pyridine rings is 1. The summed E-state index contributed by atoms with van der Waals surface area (Å²) in [7, 11) is 1.55. The van der Waals surface area contributed by atoms with Crippen molar-refractivity contribution in [2.75, 3.05) is 7.11 Å². The molecule has 0 atom stereocenters. The number of nitrogens with zero attached hydrogens (tertiary/aromatic N) is 1. The minimum Gasteiger partial charge on any atom is -0.481 e. The summed E-state index contributed by atoms with van der Waals surface area (Å²) < 4.78 is 42.7. The first-order chi connectivity index (χ1) is 9.49. The lowest BCUT2D eigenvalue weighted by atomic mass is 9.85. The van der Waals surface area contributed by atoms with Gasteiger partial charge < -0.3 is 10.1 Å². The lowest BCUT2D eigenvalue weighted by molar-refractivity contribution is -0.182. The molecule has 1 N–H and O–H groups in total. The molecule has 1 saturated carbocycles. The molecular formula is C14H19F3N2O. The molecule has 1 aromatic rings. The van der Waals surface area contributed by atoms with Gasteiger partial charge in [0, 0.05) is 18.7 Å². The van der Waals surface area contributed by atoms with Crippen molar-refractivity contribution in [3.05, 3.63) is 23.9 Å². The van der Waals surface area contributed by atoms with Gasteiger partial charge in [-0.15, -0.1) is 0 Å². The van der Waals surface area contributed by atoms with Crippen LogP contribution < -0.4 is 10.1 Å². The van der Waals surface area contributed by atoms with Crippen molar-refractivity contribution in [2.24, 2.45) is 5.92 Å². The molecule has 0 amide bonds. The predicted octanol–water partition coefficient (Wildman–Crippen LogP) is 3.30. The van der Waals surface area contributed by atoms with Gasteiger partial charge in [-0.05, 0) is 31.7 Å². The summed E-state index contributed by atoms with van der Waals surface area (Å²) >= 11 is 0. The van der Waals surface area contributed by atoms with Crippen LogP contribution in [0.2, 0.25) is 0 Å². The predicted molar refractivity (Wildman–Crippen MR) is 69.4 cm³/mol. The molecule has 0 unspecified atom stereocenters. The smallest absolute Gasteiger partial charge is 0.391 e. The van der Waals surface area contributed by atoms with Crippen LogP contribution in [0, 0.1) is 5.92 Å². The molecule has 6 heteroatoms. The highest BCUT2D eigenvalue weighted by molar-refractivity contribution is 5.15. The van der Waals surface area contributed by atoms with Gasteiger partial charge in [-0.2, -0.15) is 13.2 Å². The van der Waals surface area contributed by atoms with E-state index in [2.05, 4.69) is 10.3 Å². The molecule has 3 nitrogen and oxygen atoms in total. The first kappa shape index (κ1) is 15.1. The Bertz CT molecular complexity index is 429. The largest absolute Gasteiger partial charge is 0.481 e. The Morgan fingerprint density at radius 2 is 1.95 bits per heavy atom. The molecule has 1 aliphatic carbocycles. The number of nitrogens with one attached hydrogen (secondary N) is 1. The van der Waals surface area contributed by atoms with Crippen molar-refractivity contribution in [2.45, 2.75) is 44.4 Å². The minimum absolute atomic E-state index is 0.140. The number of ether oxygens (including phenoxy) is 1. The number of hydrogen-bond donors (Lipinski definition) is 1. The van der Waals surface area contributed by atoms with E-state index in [-0.39, 0.29) is 18.9 Å². The van der Waals surface area contributed by atoms with Crippen molar-refractivity contribution in [3.8, 4) is 5.88 Å². The van der Waals surface area contributed by atoms with Crippen LogP contribution in [-0.4, -0.2) is 24.3 Å². The van der Waals surface area contributed by atoms with Gasteiger partial charge >= 0.3 is 6.18 Å². The lowest BCUT2D eigenvalue weighted by Gasteiger charge is -2.30. The third kappa shape index (κ3) is 4.10. The Morgan fingerprint density at radius 3 is 2.55 bits per heavy atom. The molecule has 1 heterocycles. The maximum atomic E-state index is 12.6. The zero-order valence-corrected chi connectivity index (χ0v) is 11.4. The fourth-order valence-corrected chi connectivity index (χ4v) is 2.54. The van der Waals surface area contributed by atoms with E-state index >= 15 is 0 Å². The van der Waals surface area contributed by atoms with Gasteiger partial charge in [-0.3, -0.25) is 0 Å². The van der Waals surface area contributed by atoms with E-state index in [0.717, 1.165) is 5.69 Å². The van der Waals surface area contributed by atoms with Gasteiger partial charge in [0.2, 0.25) is 5.88 Å². The van der Waals surface area contributed by atoms with Crippen molar-refractivity contribution in [1.29, 1.82) is 0 Å². The van der Waals surface area contributed by atoms with E-state index in [0.29, 0.717) is 25.3 Å². The van der Waals surface area contributed by atoms with E-state index < -0.39 is 12.1 Å². The molecule has 0 radical (unpaired) electrons. The maximum Gasteiger partial charge on any atom is 0.391 e. The number of methoxy groups -OCH3 is 1. The number of rotatable bonds is 4. The van der Waals surface area contributed by atoms with E-state index in [9.17, 15) is 13.2 Å². The van der Waals surface area contributed by atoms with Crippen LogP contribution in [0.1, 0.15) is 31.4 Å². The second-order valence-electron chi connectivity index (χ2n) is 5.14. The van der Waals surface area contributed by atoms with Gasteiger partial charge in [0.05, 0.1) is 18.7 Å². The number of hydrogen-bond acceptors (Lipinski definition) is 3. The molecule has 20 heavy (non-hydrogen) atoms. The lowest BCUT2D eigenvalue weighted by Crippen LogP contribution is -2.36. The van der Waals surface area contributed by atoms with Crippen LogP contribution in [0.25, 0.3) is 0 Å². The van der Waals surface area contributed by atoms with Gasteiger partial charge in [0.1, 0.15) is 0 Å². The normalized spacial score (nSPS) is 23.6. The van der Waals surface area contributed by atoms with Crippen LogP contribution >= 0.6 is 0 Å². The van der Waals surface area contributed by atoms with Crippen molar-refractivity contribution >= 4 is 0 Å². The van der Waals surface area contributed by atoms with E-state index in [4.69, 9.17) is 4.74 Å². The first-order valence-corrected chi connectivity index (χ1v) is 6.79. The second kappa shape index (κ2) is 6.43.